The molecule has 4 heteroatoms. The van der Waals surface area contributed by atoms with E-state index >= 15 is 0 Å². The summed E-state index contributed by atoms with van der Waals surface area (Å²) in [6, 6.07) is 13.5. The molecule has 0 aliphatic rings. The van der Waals surface area contributed by atoms with Crippen LogP contribution < -0.4 is 5.73 Å². The van der Waals surface area contributed by atoms with E-state index in [1.165, 1.54) is 0 Å². The Morgan fingerprint density at radius 2 is 1.76 bits per heavy atom. The molecule has 3 nitrogen and oxygen atoms in total. The summed E-state index contributed by atoms with van der Waals surface area (Å²) >= 11 is 1.65. The van der Waals surface area contributed by atoms with Gasteiger partial charge in [-0.1, -0.05) is 18.7 Å². The van der Waals surface area contributed by atoms with Crippen molar-refractivity contribution in [1.82, 2.24) is 0 Å². The zero-order valence-electron chi connectivity index (χ0n) is 12.3. The molecule has 0 radical (unpaired) electrons. The number of carbonyl (C=O) groups excluding carboxylic acids is 1. The molecule has 0 bridgehead atoms. The topological polar surface area (TPSA) is 52.3 Å². The Bertz CT molecular complexity index is 623. The number of hydrogen-bond donors (Lipinski definition) is 1. The van der Waals surface area contributed by atoms with Gasteiger partial charge in [-0.2, -0.15) is 0 Å². The van der Waals surface area contributed by atoms with Crippen LogP contribution in [-0.4, -0.2) is 12.6 Å². The molecule has 2 aromatic carbocycles. The summed E-state index contributed by atoms with van der Waals surface area (Å²) in [6.45, 7) is 4.28. The van der Waals surface area contributed by atoms with Crippen molar-refractivity contribution in [3.63, 3.8) is 0 Å². The van der Waals surface area contributed by atoms with E-state index in [4.69, 9.17) is 10.5 Å². The number of aryl methyl sites for hydroxylation is 1. The summed E-state index contributed by atoms with van der Waals surface area (Å²) in [7, 11) is 0. The first-order chi connectivity index (χ1) is 10.1. The second kappa shape index (κ2) is 7.18. The highest BCUT2D eigenvalue weighted by atomic mass is 32.2. The fourth-order valence-electron chi connectivity index (χ4n) is 1.96. The van der Waals surface area contributed by atoms with Crippen molar-refractivity contribution < 1.29 is 9.53 Å². The zero-order chi connectivity index (χ0) is 15.2. The first-order valence-corrected chi connectivity index (χ1v) is 7.79. The van der Waals surface area contributed by atoms with E-state index in [-0.39, 0.29) is 5.97 Å². The van der Waals surface area contributed by atoms with Gasteiger partial charge in [-0.25, -0.2) is 4.79 Å². The summed E-state index contributed by atoms with van der Waals surface area (Å²) in [4.78, 5) is 13.8. The van der Waals surface area contributed by atoms with Gasteiger partial charge in [-0.15, -0.1) is 0 Å². The Hall–Kier alpha value is -1.94. The lowest BCUT2D eigenvalue weighted by Crippen LogP contribution is -2.03. The van der Waals surface area contributed by atoms with Crippen LogP contribution in [0.25, 0.3) is 0 Å². The quantitative estimate of drug-likeness (QED) is 0.665. The predicted octanol–water partition coefficient (Wildman–Crippen LogP) is 4.16. The summed E-state index contributed by atoms with van der Waals surface area (Å²) < 4.78 is 4.97. The molecule has 0 saturated heterocycles. The van der Waals surface area contributed by atoms with Gasteiger partial charge in [0.05, 0.1) is 12.2 Å². The van der Waals surface area contributed by atoms with E-state index in [1.54, 1.807) is 30.8 Å². The molecule has 21 heavy (non-hydrogen) atoms. The normalized spacial score (nSPS) is 10.4. The summed E-state index contributed by atoms with van der Waals surface area (Å²) in [5.41, 5.74) is 8.48. The lowest BCUT2D eigenvalue weighted by atomic mass is 10.1. The van der Waals surface area contributed by atoms with Gasteiger partial charge in [-0.05, 0) is 61.4 Å². The minimum atomic E-state index is -0.283. The van der Waals surface area contributed by atoms with Crippen LogP contribution >= 0.6 is 11.8 Å². The summed E-state index contributed by atoms with van der Waals surface area (Å²) in [6.07, 6.45) is 0.919. The van der Waals surface area contributed by atoms with Crippen LogP contribution in [-0.2, 0) is 11.2 Å². The molecule has 0 atom stereocenters. The van der Waals surface area contributed by atoms with Crippen LogP contribution in [0.2, 0.25) is 0 Å². The number of benzene rings is 2. The molecule has 0 aliphatic heterocycles. The highest BCUT2D eigenvalue weighted by Gasteiger charge is 2.06. The Morgan fingerprint density at radius 1 is 1.10 bits per heavy atom. The van der Waals surface area contributed by atoms with E-state index < -0.39 is 0 Å². The van der Waals surface area contributed by atoms with Crippen molar-refractivity contribution >= 4 is 23.4 Å². The van der Waals surface area contributed by atoms with Gasteiger partial charge in [0.2, 0.25) is 0 Å². The molecule has 110 valence electrons. The molecule has 0 fully saturated rings. The Balaban J connectivity index is 2.11. The molecular weight excluding hydrogens is 282 g/mol. The lowest BCUT2D eigenvalue weighted by Gasteiger charge is -2.07. The van der Waals surface area contributed by atoms with Crippen molar-refractivity contribution in [3.8, 4) is 0 Å². The Labute approximate surface area is 129 Å². The van der Waals surface area contributed by atoms with Gasteiger partial charge >= 0.3 is 5.97 Å². The van der Waals surface area contributed by atoms with Crippen molar-refractivity contribution in [2.75, 3.05) is 12.3 Å². The van der Waals surface area contributed by atoms with Crippen molar-refractivity contribution in [2.24, 2.45) is 0 Å². The largest absolute Gasteiger partial charge is 0.462 e. The number of esters is 1. The first kappa shape index (κ1) is 15.4. The second-order valence-corrected chi connectivity index (χ2v) is 5.71. The lowest BCUT2D eigenvalue weighted by molar-refractivity contribution is 0.0526. The first-order valence-electron chi connectivity index (χ1n) is 6.97. The molecule has 0 spiro atoms. The maximum absolute atomic E-state index is 11.6. The smallest absolute Gasteiger partial charge is 0.338 e. The molecule has 0 heterocycles. The van der Waals surface area contributed by atoms with E-state index in [2.05, 4.69) is 13.0 Å². The van der Waals surface area contributed by atoms with E-state index in [9.17, 15) is 4.79 Å². The van der Waals surface area contributed by atoms with Crippen LogP contribution in [0.15, 0.2) is 52.3 Å². The van der Waals surface area contributed by atoms with Gasteiger partial charge in [0.1, 0.15) is 0 Å². The fourth-order valence-corrected chi connectivity index (χ4v) is 2.84. The summed E-state index contributed by atoms with van der Waals surface area (Å²) in [5.74, 6) is -0.283. The number of carbonyl (C=O) groups is 1. The molecule has 0 amide bonds. The van der Waals surface area contributed by atoms with Gasteiger partial charge in [0, 0.05) is 15.5 Å². The highest BCUT2D eigenvalue weighted by molar-refractivity contribution is 7.99. The SMILES string of the molecule is CCOC(=O)c1ccc(Sc2ccc(N)c(CC)c2)cc1. The fraction of sp³-hybridized carbons (Fsp3) is 0.235. The Kier molecular flexibility index (Phi) is 5.28. The van der Waals surface area contributed by atoms with Crippen LogP contribution in [0.4, 0.5) is 5.69 Å². The third-order valence-electron chi connectivity index (χ3n) is 3.10. The number of nitrogen functional groups attached to an aromatic ring is 1. The van der Waals surface area contributed by atoms with Crippen LogP contribution in [0.3, 0.4) is 0 Å². The monoisotopic (exact) mass is 301 g/mol. The number of anilines is 1. The maximum atomic E-state index is 11.6. The van der Waals surface area contributed by atoms with Crippen molar-refractivity contribution in [1.29, 1.82) is 0 Å². The molecule has 0 unspecified atom stereocenters. The van der Waals surface area contributed by atoms with Gasteiger partial charge in [-0.3, -0.25) is 0 Å². The minimum absolute atomic E-state index is 0.283. The second-order valence-electron chi connectivity index (χ2n) is 4.56. The number of ether oxygens (including phenoxy) is 1. The van der Waals surface area contributed by atoms with Crippen LogP contribution in [0, 0.1) is 0 Å². The van der Waals surface area contributed by atoms with Crippen LogP contribution in [0.1, 0.15) is 29.8 Å². The van der Waals surface area contributed by atoms with E-state index in [1.807, 2.05) is 24.3 Å². The number of nitrogens with two attached hydrogens (primary N) is 1. The van der Waals surface area contributed by atoms with E-state index in [0.717, 1.165) is 27.5 Å². The molecular formula is C17H19NO2S. The van der Waals surface area contributed by atoms with E-state index in [0.29, 0.717) is 12.2 Å². The minimum Gasteiger partial charge on any atom is -0.462 e. The van der Waals surface area contributed by atoms with Gasteiger partial charge < -0.3 is 10.5 Å². The third-order valence-corrected chi connectivity index (χ3v) is 4.09. The maximum Gasteiger partial charge on any atom is 0.338 e. The molecule has 2 rings (SSSR count). The summed E-state index contributed by atoms with van der Waals surface area (Å²) in [5, 5.41) is 0. The Morgan fingerprint density at radius 3 is 2.38 bits per heavy atom. The van der Waals surface area contributed by atoms with Crippen molar-refractivity contribution in [2.45, 2.75) is 30.1 Å². The van der Waals surface area contributed by atoms with Gasteiger partial charge in [0.15, 0.2) is 0 Å². The molecule has 2 aromatic rings. The molecule has 2 N–H and O–H groups in total. The molecule has 0 aromatic heterocycles. The average Bonchev–Trinajstić information content (AvgIpc) is 2.50. The standard InChI is InChI=1S/C17H19NO2S/c1-3-12-11-15(9-10-16(12)18)21-14-7-5-13(6-8-14)17(19)20-4-2/h5-11H,3-4,18H2,1-2H3. The number of hydrogen-bond acceptors (Lipinski definition) is 4. The predicted molar refractivity (Wildman–Crippen MR) is 86.8 cm³/mol. The highest BCUT2D eigenvalue weighted by Crippen LogP contribution is 2.30. The molecule has 0 saturated carbocycles. The number of rotatable bonds is 5. The zero-order valence-corrected chi connectivity index (χ0v) is 13.1. The average molecular weight is 301 g/mol. The van der Waals surface area contributed by atoms with Gasteiger partial charge in [0.25, 0.3) is 0 Å². The van der Waals surface area contributed by atoms with Crippen LogP contribution in [0.5, 0.6) is 0 Å². The third kappa shape index (κ3) is 4.02. The molecule has 0 aliphatic carbocycles. The van der Waals surface area contributed by atoms with Crippen molar-refractivity contribution in [3.05, 3.63) is 53.6 Å².